The quantitative estimate of drug-likeness (QED) is 0.0261. The highest BCUT2D eigenvalue weighted by molar-refractivity contribution is 5.76. The molecule has 9 heteroatoms. The van der Waals surface area contributed by atoms with Crippen molar-refractivity contribution in [1.82, 2.24) is 5.32 Å². The summed E-state index contributed by atoms with van der Waals surface area (Å²) in [7, 11) is 0. The molecule has 1 amide bonds. The van der Waals surface area contributed by atoms with Crippen LogP contribution in [-0.2, 0) is 14.3 Å². The molecule has 1 rings (SSSR count). The molecular formula is C55H107NO8. The SMILES string of the molecule is CCCCCCCCCCCCCCCCCCCCCCCCCCCC/C=C/C(O)C(COC1OC(CO)C(O)C(O)C1O)NC(=O)CCCCCCCCCCCCCCC. The minimum Gasteiger partial charge on any atom is -0.394 e. The van der Waals surface area contributed by atoms with E-state index in [1.165, 1.54) is 218 Å². The number of amides is 1. The van der Waals surface area contributed by atoms with Crippen LogP contribution in [0.4, 0.5) is 0 Å². The van der Waals surface area contributed by atoms with Crippen LogP contribution >= 0.6 is 0 Å². The van der Waals surface area contributed by atoms with Gasteiger partial charge in [-0.25, -0.2) is 0 Å². The normalized spacial score (nSPS) is 20.0. The standard InChI is InChI=1S/C55H107NO8/c1-3-5-7-9-11-13-15-17-18-19-20-21-22-23-24-25-26-27-28-29-30-31-33-34-36-38-40-42-44-49(58)48(47-63-55-54(62)53(61)52(60)50(46-57)64-55)56-51(59)45-43-41-39-37-35-32-16-14-12-10-8-6-4-2/h42,44,48-50,52-55,57-58,60-62H,3-41,43,45-47H2,1-2H3,(H,56,59)/b44-42+. The Bertz CT molecular complexity index is 1010. The molecule has 6 N–H and O–H groups in total. The lowest BCUT2D eigenvalue weighted by molar-refractivity contribution is -0.302. The number of rotatable bonds is 48. The van der Waals surface area contributed by atoms with Gasteiger partial charge >= 0.3 is 0 Å². The molecule has 1 aliphatic rings. The number of allylic oxidation sites excluding steroid dienone is 1. The second kappa shape index (κ2) is 45.7. The summed E-state index contributed by atoms with van der Waals surface area (Å²) in [5.74, 6) is -0.173. The van der Waals surface area contributed by atoms with E-state index in [2.05, 4.69) is 19.2 Å². The third kappa shape index (κ3) is 35.1. The predicted molar refractivity (Wildman–Crippen MR) is 267 cm³/mol. The number of nitrogens with one attached hydrogen (secondary N) is 1. The maximum atomic E-state index is 13.0. The topological polar surface area (TPSA) is 149 Å². The third-order valence-corrected chi connectivity index (χ3v) is 13.6. The minimum absolute atomic E-state index is 0.173. The average Bonchev–Trinajstić information content (AvgIpc) is 3.29. The molecule has 0 aromatic heterocycles. The first-order chi connectivity index (χ1) is 31.3. The monoisotopic (exact) mass is 910 g/mol. The van der Waals surface area contributed by atoms with Crippen molar-refractivity contribution in [2.24, 2.45) is 0 Å². The lowest BCUT2D eigenvalue weighted by atomic mass is 9.99. The van der Waals surface area contributed by atoms with Gasteiger partial charge in [0.05, 0.1) is 25.4 Å². The van der Waals surface area contributed by atoms with Crippen LogP contribution in [-0.4, -0.2) is 87.5 Å². The van der Waals surface area contributed by atoms with Crippen LogP contribution in [0.25, 0.3) is 0 Å². The molecule has 1 saturated heterocycles. The van der Waals surface area contributed by atoms with Gasteiger partial charge in [-0.05, 0) is 19.3 Å². The van der Waals surface area contributed by atoms with Crippen LogP contribution in [0.5, 0.6) is 0 Å². The Morgan fingerprint density at radius 1 is 0.516 bits per heavy atom. The maximum Gasteiger partial charge on any atom is 0.220 e. The summed E-state index contributed by atoms with van der Waals surface area (Å²) < 4.78 is 11.2. The van der Waals surface area contributed by atoms with Gasteiger partial charge in [0.2, 0.25) is 5.91 Å². The average molecular weight is 910 g/mol. The van der Waals surface area contributed by atoms with E-state index >= 15 is 0 Å². The van der Waals surface area contributed by atoms with Gasteiger partial charge < -0.3 is 40.3 Å². The molecule has 0 radical (unpaired) electrons. The molecule has 9 nitrogen and oxygen atoms in total. The summed E-state index contributed by atoms with van der Waals surface area (Å²) in [4.78, 5) is 13.0. The van der Waals surface area contributed by atoms with Gasteiger partial charge in [0.1, 0.15) is 24.4 Å². The molecule has 7 atom stereocenters. The molecule has 1 fully saturated rings. The van der Waals surface area contributed by atoms with Crippen molar-refractivity contribution < 1.29 is 39.8 Å². The summed E-state index contributed by atoms with van der Waals surface area (Å²) >= 11 is 0. The van der Waals surface area contributed by atoms with Gasteiger partial charge in [-0.1, -0.05) is 264 Å². The molecule has 0 spiro atoms. The zero-order valence-electron chi connectivity index (χ0n) is 42.1. The Morgan fingerprint density at radius 3 is 1.22 bits per heavy atom. The first-order valence-corrected chi connectivity index (χ1v) is 27.9. The van der Waals surface area contributed by atoms with E-state index in [-0.39, 0.29) is 12.5 Å². The van der Waals surface area contributed by atoms with E-state index in [4.69, 9.17) is 9.47 Å². The molecule has 64 heavy (non-hydrogen) atoms. The number of hydrogen-bond donors (Lipinski definition) is 6. The summed E-state index contributed by atoms with van der Waals surface area (Å²) in [5.41, 5.74) is 0. The van der Waals surface area contributed by atoms with Gasteiger partial charge in [-0.15, -0.1) is 0 Å². The maximum absolute atomic E-state index is 13.0. The van der Waals surface area contributed by atoms with Crippen molar-refractivity contribution in [3.8, 4) is 0 Å². The Morgan fingerprint density at radius 2 is 0.859 bits per heavy atom. The third-order valence-electron chi connectivity index (χ3n) is 13.6. The highest BCUT2D eigenvalue weighted by Crippen LogP contribution is 2.23. The largest absolute Gasteiger partial charge is 0.394 e. The highest BCUT2D eigenvalue weighted by Gasteiger charge is 2.44. The number of hydrogen-bond acceptors (Lipinski definition) is 8. The van der Waals surface area contributed by atoms with E-state index in [1.54, 1.807) is 6.08 Å². The van der Waals surface area contributed by atoms with Crippen LogP contribution in [0.3, 0.4) is 0 Å². The minimum atomic E-state index is -1.56. The first kappa shape index (κ1) is 60.9. The fourth-order valence-electron chi connectivity index (χ4n) is 9.16. The molecule has 7 unspecified atom stereocenters. The molecular weight excluding hydrogens is 803 g/mol. The van der Waals surface area contributed by atoms with E-state index in [1.807, 2.05) is 6.08 Å². The fourth-order valence-corrected chi connectivity index (χ4v) is 9.16. The molecule has 0 saturated carbocycles. The summed E-state index contributed by atoms with van der Waals surface area (Å²) in [5, 5.41) is 54.4. The zero-order chi connectivity index (χ0) is 46.6. The van der Waals surface area contributed by atoms with Crippen LogP contribution < -0.4 is 5.32 Å². The molecule has 1 aliphatic heterocycles. The van der Waals surface area contributed by atoms with E-state index < -0.39 is 49.5 Å². The Kier molecular flexibility index (Phi) is 43.5. The van der Waals surface area contributed by atoms with Crippen molar-refractivity contribution in [3.05, 3.63) is 12.2 Å². The second-order valence-corrected chi connectivity index (χ2v) is 19.7. The molecule has 0 bridgehead atoms. The number of carbonyl (C=O) groups is 1. The zero-order valence-corrected chi connectivity index (χ0v) is 42.1. The molecule has 0 aromatic carbocycles. The summed E-state index contributed by atoms with van der Waals surface area (Å²) in [6.07, 6.45) is 48.6. The lowest BCUT2D eigenvalue weighted by Gasteiger charge is -2.40. The van der Waals surface area contributed by atoms with Crippen molar-refractivity contribution in [1.29, 1.82) is 0 Å². The van der Waals surface area contributed by atoms with Gasteiger partial charge in [0.15, 0.2) is 6.29 Å². The van der Waals surface area contributed by atoms with Crippen LogP contribution in [0, 0.1) is 0 Å². The van der Waals surface area contributed by atoms with E-state index in [0.717, 1.165) is 38.5 Å². The van der Waals surface area contributed by atoms with Crippen LogP contribution in [0.2, 0.25) is 0 Å². The van der Waals surface area contributed by atoms with Gasteiger partial charge in [0, 0.05) is 6.42 Å². The summed E-state index contributed by atoms with van der Waals surface area (Å²) in [6.45, 7) is 3.80. The fraction of sp³-hybridized carbons (Fsp3) is 0.945. The predicted octanol–water partition coefficient (Wildman–Crippen LogP) is 13.2. The Balaban J connectivity index is 2.18. The number of ether oxygens (including phenoxy) is 2. The molecule has 380 valence electrons. The van der Waals surface area contributed by atoms with Crippen molar-refractivity contribution in [2.75, 3.05) is 13.2 Å². The van der Waals surface area contributed by atoms with E-state index in [0.29, 0.717) is 6.42 Å². The number of unbranched alkanes of at least 4 members (excludes halogenated alkanes) is 38. The Hall–Kier alpha value is -1.07. The van der Waals surface area contributed by atoms with Crippen molar-refractivity contribution in [3.63, 3.8) is 0 Å². The van der Waals surface area contributed by atoms with Gasteiger partial charge in [-0.3, -0.25) is 4.79 Å². The smallest absolute Gasteiger partial charge is 0.220 e. The second-order valence-electron chi connectivity index (χ2n) is 19.7. The van der Waals surface area contributed by atoms with Crippen LogP contribution in [0.15, 0.2) is 12.2 Å². The van der Waals surface area contributed by atoms with Gasteiger partial charge in [-0.2, -0.15) is 0 Å². The Labute approximate surface area is 395 Å². The van der Waals surface area contributed by atoms with Crippen molar-refractivity contribution >= 4 is 5.91 Å². The first-order valence-electron chi connectivity index (χ1n) is 27.9. The molecule has 1 heterocycles. The van der Waals surface area contributed by atoms with Crippen molar-refractivity contribution in [2.45, 2.75) is 320 Å². The number of aliphatic hydroxyl groups excluding tert-OH is 5. The van der Waals surface area contributed by atoms with Crippen LogP contribution in [0.1, 0.15) is 277 Å². The number of carbonyl (C=O) groups excluding carboxylic acids is 1. The molecule has 0 aromatic rings. The number of aliphatic hydroxyl groups is 5. The van der Waals surface area contributed by atoms with Gasteiger partial charge in [0.25, 0.3) is 0 Å². The summed E-state index contributed by atoms with van der Waals surface area (Å²) in [6, 6.07) is -0.799. The highest BCUT2D eigenvalue weighted by atomic mass is 16.7. The van der Waals surface area contributed by atoms with E-state index in [9.17, 15) is 30.3 Å². The molecule has 0 aliphatic carbocycles. The lowest BCUT2D eigenvalue weighted by Crippen LogP contribution is -2.60.